The number of likely N-dealkylation sites (tertiary alicyclic amines) is 1. The maximum atomic E-state index is 14.4. The van der Waals surface area contributed by atoms with Crippen molar-refractivity contribution in [1.82, 2.24) is 25.2 Å². The zero-order valence-electron chi connectivity index (χ0n) is 31.1. The van der Waals surface area contributed by atoms with Gasteiger partial charge in [0.2, 0.25) is 17.6 Å². The molecule has 1 aliphatic carbocycles. The maximum Gasteiger partial charge on any atom is 0.315 e. The number of carbonyl (C=O) groups excluding carboxylic acids is 5. The van der Waals surface area contributed by atoms with Crippen molar-refractivity contribution in [3.8, 4) is 0 Å². The molecule has 1 aliphatic heterocycles. The average Bonchev–Trinajstić information content (AvgIpc) is 3.68. The second-order valence-corrected chi connectivity index (χ2v) is 19.3. The summed E-state index contributed by atoms with van der Waals surface area (Å²) < 4.78 is 28.3. The van der Waals surface area contributed by atoms with Crippen molar-refractivity contribution >= 4 is 50.9 Å². The van der Waals surface area contributed by atoms with Gasteiger partial charge in [-0.3, -0.25) is 19.2 Å². The molecule has 0 radical (unpaired) electrons. The van der Waals surface area contributed by atoms with Gasteiger partial charge >= 0.3 is 6.03 Å². The minimum absolute atomic E-state index is 0.0122. The van der Waals surface area contributed by atoms with E-state index < -0.39 is 74.6 Å². The summed E-state index contributed by atoms with van der Waals surface area (Å²) in [5.41, 5.74) is 4.00. The zero-order chi connectivity index (χ0) is 37.8. The van der Waals surface area contributed by atoms with Crippen LogP contribution in [0.1, 0.15) is 94.4 Å². The van der Waals surface area contributed by atoms with Gasteiger partial charge < -0.3 is 26.6 Å². The summed E-state index contributed by atoms with van der Waals surface area (Å²) >= 11 is 1.13. The second-order valence-electron chi connectivity index (χ2n) is 16.2. The van der Waals surface area contributed by atoms with Crippen molar-refractivity contribution in [2.45, 2.75) is 123 Å². The molecule has 0 bridgehead atoms. The summed E-state index contributed by atoms with van der Waals surface area (Å²) in [6.07, 6.45) is 3.68. The monoisotopic (exact) mass is 738 g/mol. The van der Waals surface area contributed by atoms with E-state index >= 15 is 0 Å². The number of nitrogens with zero attached hydrogens (tertiary/aromatic N) is 2. The Labute approximate surface area is 301 Å². The Hall–Kier alpha value is -3.04. The van der Waals surface area contributed by atoms with E-state index in [1.807, 2.05) is 55.4 Å². The highest BCUT2D eigenvalue weighted by molar-refractivity contribution is 7.91. The number of Topliss-reactive ketones (excluding diaryl/α,β-unsaturated/α-hetero) is 1. The van der Waals surface area contributed by atoms with E-state index in [0.717, 1.165) is 30.6 Å². The van der Waals surface area contributed by atoms with Gasteiger partial charge in [0, 0.05) is 25.7 Å². The van der Waals surface area contributed by atoms with Crippen LogP contribution in [0.3, 0.4) is 0 Å². The topological polar surface area (TPSA) is 188 Å². The van der Waals surface area contributed by atoms with E-state index in [9.17, 15) is 32.4 Å². The predicted molar refractivity (Wildman–Crippen MR) is 193 cm³/mol. The molecule has 1 saturated heterocycles. The first-order chi connectivity index (χ1) is 23.1. The van der Waals surface area contributed by atoms with Crippen LogP contribution < -0.4 is 21.7 Å². The van der Waals surface area contributed by atoms with Crippen LogP contribution in [0, 0.1) is 28.6 Å². The van der Waals surface area contributed by atoms with E-state index in [4.69, 9.17) is 5.73 Å². The van der Waals surface area contributed by atoms with Gasteiger partial charge in [-0.05, 0) is 52.9 Å². The molecule has 2 fully saturated rings. The van der Waals surface area contributed by atoms with Crippen LogP contribution in [0.4, 0.5) is 4.79 Å². The third-order valence-corrected chi connectivity index (χ3v) is 13.4. The molecule has 2 heterocycles. The molecule has 5 amide bonds. The number of likely N-dealkylation sites (N-methyl/N-ethyl adjacent to an activating group) is 1. The van der Waals surface area contributed by atoms with Crippen LogP contribution >= 0.6 is 11.3 Å². The maximum absolute atomic E-state index is 14.4. The Bertz CT molecular complexity index is 1480. The minimum Gasteiger partial charge on any atom is -0.363 e. The van der Waals surface area contributed by atoms with Crippen LogP contribution in [0.5, 0.6) is 0 Å². The number of hydrogen-bond donors (Lipinski definition) is 4. The number of urea groups is 1. The lowest BCUT2D eigenvalue weighted by Crippen LogP contribution is -2.62. The van der Waals surface area contributed by atoms with Gasteiger partial charge in [0.15, 0.2) is 0 Å². The number of primary amides is 1. The summed E-state index contributed by atoms with van der Waals surface area (Å²) in [4.78, 5) is 68.2. The molecule has 282 valence electrons. The fraction of sp³-hybridized carbons (Fsp3) is 0.743. The summed E-state index contributed by atoms with van der Waals surface area (Å²) in [7, 11) is -3.79. The SMILES string of the molecule is CCN(C[C@@H](NC(=O)N[C@H](C(=O)N1CC[C@H](C(C)C)[C@H]1C(=O)NC(CC1CCC1)C(=O)C(N)=O)C(C)(C)C)C(C)(C)C)S(=O)(=O)c1cccs1. The van der Waals surface area contributed by atoms with Gasteiger partial charge in [-0.1, -0.05) is 87.6 Å². The molecule has 0 aromatic carbocycles. The minimum atomic E-state index is -3.79. The number of amides is 5. The molecule has 0 spiro atoms. The van der Waals surface area contributed by atoms with E-state index in [-0.39, 0.29) is 41.6 Å². The van der Waals surface area contributed by atoms with Crippen LogP contribution in [-0.4, -0.2) is 91.0 Å². The number of nitrogens with two attached hydrogens (primary N) is 1. The molecular weight excluding hydrogens is 681 g/mol. The normalized spacial score (nSPS) is 20.6. The highest BCUT2D eigenvalue weighted by atomic mass is 32.2. The van der Waals surface area contributed by atoms with Crippen molar-refractivity contribution in [2.24, 2.45) is 34.3 Å². The van der Waals surface area contributed by atoms with Crippen molar-refractivity contribution in [3.05, 3.63) is 17.5 Å². The number of carbonyl (C=O) groups is 5. The number of rotatable bonds is 15. The van der Waals surface area contributed by atoms with Gasteiger partial charge in [-0.25, -0.2) is 13.2 Å². The first kappa shape index (κ1) is 41.4. The Morgan fingerprint density at radius 1 is 1.00 bits per heavy atom. The molecule has 5 N–H and O–H groups in total. The van der Waals surface area contributed by atoms with Gasteiger partial charge in [-0.15, -0.1) is 11.3 Å². The van der Waals surface area contributed by atoms with E-state index in [2.05, 4.69) is 16.0 Å². The highest BCUT2D eigenvalue weighted by Gasteiger charge is 2.48. The van der Waals surface area contributed by atoms with Crippen LogP contribution in [0.25, 0.3) is 0 Å². The first-order valence-electron chi connectivity index (χ1n) is 17.6. The molecule has 1 aromatic rings. The number of nitrogens with one attached hydrogen (secondary N) is 3. The molecule has 15 heteroatoms. The fourth-order valence-corrected chi connectivity index (χ4v) is 9.25. The van der Waals surface area contributed by atoms with Gasteiger partial charge in [-0.2, -0.15) is 4.31 Å². The molecule has 2 aliphatic rings. The van der Waals surface area contributed by atoms with Crippen molar-refractivity contribution in [1.29, 1.82) is 0 Å². The molecule has 1 aromatic heterocycles. The predicted octanol–water partition coefficient (Wildman–Crippen LogP) is 3.49. The molecule has 1 unspecified atom stereocenters. The Balaban J connectivity index is 1.85. The number of thiophene rings is 1. The Morgan fingerprint density at radius 2 is 1.64 bits per heavy atom. The van der Waals surface area contributed by atoms with Crippen molar-refractivity contribution in [3.63, 3.8) is 0 Å². The lowest BCUT2D eigenvalue weighted by Gasteiger charge is -2.39. The van der Waals surface area contributed by atoms with E-state index in [1.54, 1.807) is 24.4 Å². The number of sulfonamides is 1. The molecular formula is C35H58N6O7S2. The van der Waals surface area contributed by atoms with Crippen LogP contribution in [0.2, 0.25) is 0 Å². The first-order valence-corrected chi connectivity index (χ1v) is 20.0. The molecule has 13 nitrogen and oxygen atoms in total. The van der Waals surface area contributed by atoms with Crippen molar-refractivity contribution < 1.29 is 32.4 Å². The summed E-state index contributed by atoms with van der Waals surface area (Å²) in [6.45, 7) is 17.3. The third-order valence-electron chi connectivity index (χ3n) is 10.1. The Morgan fingerprint density at radius 3 is 2.10 bits per heavy atom. The van der Waals surface area contributed by atoms with E-state index in [0.29, 0.717) is 12.8 Å². The highest BCUT2D eigenvalue weighted by Crippen LogP contribution is 2.35. The lowest BCUT2D eigenvalue weighted by atomic mass is 9.80. The average molecular weight is 739 g/mol. The number of hydrogen-bond acceptors (Lipinski definition) is 8. The molecule has 50 heavy (non-hydrogen) atoms. The third kappa shape index (κ3) is 10.1. The largest absolute Gasteiger partial charge is 0.363 e. The van der Waals surface area contributed by atoms with Gasteiger partial charge in [0.25, 0.3) is 15.9 Å². The second kappa shape index (κ2) is 16.5. The standard InChI is InChI=1S/C35H58N6O7S2/c1-10-40(50(47,48)26-15-12-18-49-26)20-25(34(4,5)6)38-33(46)39-29(35(7,8)9)32(45)41-17-16-23(21(2)3)27(41)31(44)37-24(28(42)30(36)43)19-22-13-11-14-22/h12,15,18,21-25,27,29H,10-11,13-14,16-17,19-20H2,1-9H3,(H2,36,43)(H,37,44)(H2,38,39,46)/t23-,24?,25-,27+,29-/m1/s1. The van der Waals surface area contributed by atoms with Crippen LogP contribution in [-0.2, 0) is 29.2 Å². The fourth-order valence-electron chi connectivity index (χ4n) is 6.64. The van der Waals surface area contributed by atoms with Crippen LogP contribution in [0.15, 0.2) is 21.7 Å². The summed E-state index contributed by atoms with van der Waals surface area (Å²) in [6, 6.07) is -1.10. The van der Waals surface area contributed by atoms with Crippen molar-refractivity contribution in [2.75, 3.05) is 19.6 Å². The quantitative estimate of drug-likeness (QED) is 0.198. The summed E-state index contributed by atoms with van der Waals surface area (Å²) in [5.74, 6) is -2.94. The smallest absolute Gasteiger partial charge is 0.315 e. The number of ketones is 1. The zero-order valence-corrected chi connectivity index (χ0v) is 32.7. The lowest BCUT2D eigenvalue weighted by molar-refractivity contribution is -0.144. The van der Waals surface area contributed by atoms with E-state index in [1.165, 1.54) is 9.21 Å². The summed E-state index contributed by atoms with van der Waals surface area (Å²) in [5, 5.41) is 10.3. The molecule has 5 atom stereocenters. The van der Waals surface area contributed by atoms with Gasteiger partial charge in [0.05, 0.1) is 6.04 Å². The molecule has 3 rings (SSSR count). The van der Waals surface area contributed by atoms with Gasteiger partial charge in [0.1, 0.15) is 16.3 Å². The molecule has 1 saturated carbocycles. The Kier molecular flexibility index (Phi) is 13.7.